The zero-order valence-electron chi connectivity index (χ0n) is 11.6. The van der Waals surface area contributed by atoms with Gasteiger partial charge in [0.1, 0.15) is 0 Å². The summed E-state index contributed by atoms with van der Waals surface area (Å²) >= 11 is 0. The quantitative estimate of drug-likeness (QED) is 0.819. The molecule has 0 radical (unpaired) electrons. The number of hydrogen-bond donors (Lipinski definition) is 1. The summed E-state index contributed by atoms with van der Waals surface area (Å²) in [4.78, 5) is 2.34. The van der Waals surface area contributed by atoms with Crippen molar-refractivity contribution in [3.05, 3.63) is 29.8 Å². The number of para-hydroxylation sites is 1. The number of rotatable bonds is 6. The van der Waals surface area contributed by atoms with Gasteiger partial charge in [-0.1, -0.05) is 38.5 Å². The van der Waals surface area contributed by atoms with Crippen LogP contribution >= 0.6 is 0 Å². The van der Waals surface area contributed by atoms with Crippen LogP contribution in [0.25, 0.3) is 0 Å². The number of nitrogens with two attached hydrogens (primary N) is 1. The number of benzene rings is 1. The highest BCUT2D eigenvalue weighted by molar-refractivity contribution is 5.53. The van der Waals surface area contributed by atoms with E-state index in [0.29, 0.717) is 18.5 Å². The van der Waals surface area contributed by atoms with Gasteiger partial charge in [0.05, 0.1) is 0 Å². The molecule has 0 fully saturated rings. The average molecular weight is 234 g/mol. The molecule has 2 nitrogen and oxygen atoms in total. The van der Waals surface area contributed by atoms with Gasteiger partial charge < -0.3 is 10.6 Å². The van der Waals surface area contributed by atoms with Crippen molar-refractivity contribution in [2.45, 2.75) is 39.7 Å². The largest absolute Gasteiger partial charge is 0.370 e. The van der Waals surface area contributed by atoms with E-state index in [-0.39, 0.29) is 0 Å². The molecule has 2 heteroatoms. The molecule has 0 saturated heterocycles. The fourth-order valence-corrected chi connectivity index (χ4v) is 2.56. The lowest BCUT2D eigenvalue weighted by Crippen LogP contribution is -2.43. The Labute approximate surface area is 106 Å². The number of hydrogen-bond acceptors (Lipinski definition) is 2. The fraction of sp³-hybridized carbons (Fsp3) is 0.600. The first-order chi connectivity index (χ1) is 8.11. The van der Waals surface area contributed by atoms with Gasteiger partial charge in [0.15, 0.2) is 0 Å². The van der Waals surface area contributed by atoms with E-state index in [0.717, 1.165) is 0 Å². The minimum Gasteiger partial charge on any atom is -0.370 e. The van der Waals surface area contributed by atoms with Crippen molar-refractivity contribution < 1.29 is 0 Å². The van der Waals surface area contributed by atoms with Crippen molar-refractivity contribution in [2.75, 3.05) is 18.5 Å². The fourth-order valence-electron chi connectivity index (χ4n) is 2.56. The smallest absolute Gasteiger partial charge is 0.0434 e. The van der Waals surface area contributed by atoms with Gasteiger partial charge in [-0.2, -0.15) is 0 Å². The van der Waals surface area contributed by atoms with Crippen LogP contribution in [0.3, 0.4) is 0 Å². The minimum atomic E-state index is 0.427. The highest BCUT2D eigenvalue weighted by Crippen LogP contribution is 2.24. The van der Waals surface area contributed by atoms with Gasteiger partial charge in [-0.3, -0.25) is 0 Å². The van der Waals surface area contributed by atoms with E-state index in [1.165, 1.54) is 24.1 Å². The average Bonchev–Trinajstić information content (AvgIpc) is 2.30. The van der Waals surface area contributed by atoms with Crippen molar-refractivity contribution in [3.63, 3.8) is 0 Å². The predicted molar refractivity (Wildman–Crippen MR) is 76.5 cm³/mol. The van der Waals surface area contributed by atoms with Gasteiger partial charge in [-0.05, 0) is 30.9 Å². The topological polar surface area (TPSA) is 29.3 Å². The van der Waals surface area contributed by atoms with Crippen LogP contribution in [0.4, 0.5) is 5.69 Å². The zero-order valence-corrected chi connectivity index (χ0v) is 11.6. The van der Waals surface area contributed by atoms with Crippen molar-refractivity contribution in [1.29, 1.82) is 0 Å². The number of anilines is 1. The summed E-state index contributed by atoms with van der Waals surface area (Å²) < 4.78 is 0. The summed E-state index contributed by atoms with van der Waals surface area (Å²) in [6.07, 6.45) is 2.46. The molecule has 0 saturated carbocycles. The Kier molecular flexibility index (Phi) is 5.49. The van der Waals surface area contributed by atoms with Crippen molar-refractivity contribution in [3.8, 4) is 0 Å². The van der Waals surface area contributed by atoms with Crippen molar-refractivity contribution >= 4 is 5.69 Å². The Bertz CT molecular complexity index is 335. The molecular formula is C15H26N2. The minimum absolute atomic E-state index is 0.427. The molecule has 0 aromatic heterocycles. The summed E-state index contributed by atoms with van der Waals surface area (Å²) in [5.74, 6) is 0.634. The van der Waals surface area contributed by atoms with Gasteiger partial charge in [0, 0.05) is 25.3 Å². The second-order valence-electron chi connectivity index (χ2n) is 4.97. The Balaban J connectivity index is 2.86. The first-order valence-corrected chi connectivity index (χ1v) is 6.60. The molecule has 0 aliphatic rings. The lowest BCUT2D eigenvalue weighted by Gasteiger charge is -2.34. The van der Waals surface area contributed by atoms with Crippen LogP contribution < -0.4 is 10.6 Å². The molecule has 0 aliphatic heterocycles. The second kappa shape index (κ2) is 6.65. The van der Waals surface area contributed by atoms with Crippen LogP contribution in [0.15, 0.2) is 24.3 Å². The van der Waals surface area contributed by atoms with Crippen LogP contribution in [0.1, 0.15) is 32.3 Å². The molecule has 1 aromatic carbocycles. The molecule has 17 heavy (non-hydrogen) atoms. The molecule has 0 aliphatic carbocycles. The van der Waals surface area contributed by atoms with E-state index >= 15 is 0 Å². The molecule has 0 heterocycles. The number of nitrogens with zero attached hydrogens (tertiary/aromatic N) is 1. The summed E-state index contributed by atoms with van der Waals surface area (Å²) in [7, 11) is 2.16. The molecule has 2 unspecified atom stereocenters. The first-order valence-electron chi connectivity index (χ1n) is 6.60. The highest BCUT2D eigenvalue weighted by atomic mass is 15.1. The Morgan fingerprint density at radius 1 is 1.29 bits per heavy atom. The third-order valence-electron chi connectivity index (χ3n) is 3.64. The van der Waals surface area contributed by atoms with Gasteiger partial charge in [0.2, 0.25) is 0 Å². The summed E-state index contributed by atoms with van der Waals surface area (Å²) in [5, 5.41) is 0. The summed E-state index contributed by atoms with van der Waals surface area (Å²) in [6.45, 7) is 7.41. The molecular weight excluding hydrogens is 208 g/mol. The van der Waals surface area contributed by atoms with Crippen LogP contribution in [0.5, 0.6) is 0 Å². The Morgan fingerprint density at radius 3 is 2.47 bits per heavy atom. The monoisotopic (exact) mass is 234 g/mol. The van der Waals surface area contributed by atoms with E-state index in [1.807, 2.05) is 0 Å². The van der Waals surface area contributed by atoms with Gasteiger partial charge in [0.25, 0.3) is 0 Å². The van der Waals surface area contributed by atoms with Crippen molar-refractivity contribution in [1.82, 2.24) is 0 Å². The number of aryl methyl sites for hydroxylation is 1. The van der Waals surface area contributed by atoms with Crippen molar-refractivity contribution in [2.24, 2.45) is 11.7 Å². The Morgan fingerprint density at radius 2 is 1.94 bits per heavy atom. The lowest BCUT2D eigenvalue weighted by molar-refractivity contribution is 0.414. The van der Waals surface area contributed by atoms with E-state index < -0.39 is 0 Å². The SMILES string of the molecule is CCCC(C)C(CN)N(C)c1ccccc1C. The molecule has 1 rings (SSSR count). The molecule has 96 valence electrons. The van der Waals surface area contributed by atoms with E-state index in [4.69, 9.17) is 5.73 Å². The van der Waals surface area contributed by atoms with Gasteiger partial charge in [-0.25, -0.2) is 0 Å². The molecule has 0 amide bonds. The van der Waals surface area contributed by atoms with Crippen LogP contribution in [-0.2, 0) is 0 Å². The third-order valence-corrected chi connectivity index (χ3v) is 3.64. The van der Waals surface area contributed by atoms with Gasteiger partial charge in [-0.15, -0.1) is 0 Å². The van der Waals surface area contributed by atoms with Crippen LogP contribution in [0, 0.1) is 12.8 Å². The maximum atomic E-state index is 5.95. The molecule has 2 N–H and O–H groups in total. The molecule has 0 bridgehead atoms. The summed E-state index contributed by atoms with van der Waals surface area (Å²) in [6, 6.07) is 8.94. The zero-order chi connectivity index (χ0) is 12.8. The standard InChI is InChI=1S/C15H26N2/c1-5-8-12(2)15(11-16)17(4)14-10-7-6-9-13(14)3/h6-7,9-10,12,15H,5,8,11,16H2,1-4H3. The Hall–Kier alpha value is -1.02. The van der Waals surface area contributed by atoms with Gasteiger partial charge >= 0.3 is 0 Å². The highest BCUT2D eigenvalue weighted by Gasteiger charge is 2.20. The van der Waals surface area contributed by atoms with E-state index in [9.17, 15) is 0 Å². The van der Waals surface area contributed by atoms with E-state index in [1.54, 1.807) is 0 Å². The molecule has 1 aromatic rings. The molecule has 0 spiro atoms. The lowest BCUT2D eigenvalue weighted by atomic mass is 9.95. The van der Waals surface area contributed by atoms with E-state index in [2.05, 4.69) is 57.0 Å². The first kappa shape index (κ1) is 14.0. The number of likely N-dealkylation sites (N-methyl/N-ethyl adjacent to an activating group) is 1. The third kappa shape index (κ3) is 3.47. The molecule has 2 atom stereocenters. The normalized spacial score (nSPS) is 14.4. The summed E-state index contributed by atoms with van der Waals surface area (Å²) in [5.41, 5.74) is 8.56. The second-order valence-corrected chi connectivity index (χ2v) is 4.97. The maximum Gasteiger partial charge on any atom is 0.0434 e. The van der Waals surface area contributed by atoms with Crippen LogP contribution in [0.2, 0.25) is 0 Å². The predicted octanol–water partition coefficient (Wildman–Crippen LogP) is 3.19. The maximum absolute atomic E-state index is 5.95. The van der Waals surface area contributed by atoms with Crippen LogP contribution in [-0.4, -0.2) is 19.6 Å².